The number of aromatic nitrogens is 2. The molecule has 33 heavy (non-hydrogen) atoms. The van der Waals surface area contributed by atoms with Gasteiger partial charge in [0.2, 0.25) is 5.65 Å². The number of hydrazone groups is 1. The van der Waals surface area contributed by atoms with Gasteiger partial charge >= 0.3 is 0 Å². The van der Waals surface area contributed by atoms with Gasteiger partial charge in [0.05, 0.1) is 5.56 Å². The Balaban J connectivity index is 1.56. The highest BCUT2D eigenvalue weighted by atomic mass is 19.1. The van der Waals surface area contributed by atoms with Crippen LogP contribution in [0.25, 0.3) is 28.0 Å². The van der Waals surface area contributed by atoms with Gasteiger partial charge in [-0.15, -0.1) is 5.10 Å². The molecule has 5 rings (SSSR count). The van der Waals surface area contributed by atoms with E-state index in [2.05, 4.69) is 21.6 Å². The minimum Gasteiger partial charge on any atom is -0.455 e. The standard InChI is InChI=1S/C26H20FN5O/c1-3-18-16(2)20(14-28)25-30-22-10-6-7-11-23(22)32(25)26(18)31-29-15-17-12-13-24(33-17)19-8-4-5-9-21(19)27/h4-13,15H,3H2,1-2H3,(H,30,31)/p+1. The van der Waals surface area contributed by atoms with Crippen molar-refractivity contribution in [1.82, 2.24) is 4.98 Å². The number of anilines is 1. The van der Waals surface area contributed by atoms with Gasteiger partial charge in [0.25, 0.3) is 5.82 Å². The molecule has 7 heteroatoms. The first kappa shape index (κ1) is 20.5. The van der Waals surface area contributed by atoms with Crippen LogP contribution in [0.5, 0.6) is 0 Å². The molecule has 2 N–H and O–H groups in total. The zero-order chi connectivity index (χ0) is 22.9. The second-order valence-electron chi connectivity index (χ2n) is 7.67. The molecule has 6 nitrogen and oxygen atoms in total. The van der Waals surface area contributed by atoms with Gasteiger partial charge in [0.1, 0.15) is 46.2 Å². The number of nitriles is 1. The molecule has 0 radical (unpaired) electrons. The Labute approximate surface area is 189 Å². The van der Waals surface area contributed by atoms with Crippen molar-refractivity contribution in [3.63, 3.8) is 0 Å². The maximum atomic E-state index is 14.1. The minimum absolute atomic E-state index is 0.341. The fourth-order valence-corrected chi connectivity index (χ4v) is 4.20. The number of pyridine rings is 1. The number of fused-ring (bicyclic) bond motifs is 3. The van der Waals surface area contributed by atoms with Crippen LogP contribution in [0.1, 0.15) is 29.4 Å². The smallest absolute Gasteiger partial charge is 0.253 e. The fourth-order valence-electron chi connectivity index (χ4n) is 4.20. The van der Waals surface area contributed by atoms with Crippen LogP contribution >= 0.6 is 0 Å². The van der Waals surface area contributed by atoms with Crippen LogP contribution in [0.2, 0.25) is 0 Å². The molecule has 2 aromatic carbocycles. The summed E-state index contributed by atoms with van der Waals surface area (Å²) >= 11 is 0. The minimum atomic E-state index is -0.341. The first-order valence-corrected chi connectivity index (χ1v) is 10.6. The van der Waals surface area contributed by atoms with E-state index in [1.54, 1.807) is 36.5 Å². The Morgan fingerprint density at radius 2 is 1.94 bits per heavy atom. The number of imidazole rings is 1. The lowest BCUT2D eigenvalue weighted by atomic mass is 10.0. The molecular formula is C26H21FN5O+. The summed E-state index contributed by atoms with van der Waals surface area (Å²) in [5.74, 6) is 1.36. The lowest BCUT2D eigenvalue weighted by Gasteiger charge is -2.10. The van der Waals surface area contributed by atoms with E-state index in [-0.39, 0.29) is 5.82 Å². The number of hydrogen-bond donors (Lipinski definition) is 2. The molecule has 0 saturated carbocycles. The lowest BCUT2D eigenvalue weighted by Crippen LogP contribution is -2.28. The van der Waals surface area contributed by atoms with Gasteiger partial charge in [0, 0.05) is 5.56 Å². The summed E-state index contributed by atoms with van der Waals surface area (Å²) in [5, 5.41) is 14.2. The van der Waals surface area contributed by atoms with Crippen molar-refractivity contribution in [1.29, 1.82) is 5.26 Å². The Morgan fingerprint density at radius 3 is 2.73 bits per heavy atom. The molecule has 0 amide bonds. The van der Waals surface area contributed by atoms with Crippen LogP contribution in [0.3, 0.4) is 0 Å². The molecule has 3 aromatic heterocycles. The highest BCUT2D eigenvalue weighted by molar-refractivity contribution is 5.80. The van der Waals surface area contributed by atoms with E-state index in [0.717, 1.165) is 34.4 Å². The van der Waals surface area contributed by atoms with Crippen LogP contribution in [-0.4, -0.2) is 11.2 Å². The Hall–Kier alpha value is -4.44. The van der Waals surface area contributed by atoms with Gasteiger partial charge in [-0.1, -0.05) is 31.2 Å². The number of benzene rings is 2. The predicted octanol–water partition coefficient (Wildman–Crippen LogP) is 5.49. The Morgan fingerprint density at radius 1 is 1.15 bits per heavy atom. The second-order valence-corrected chi connectivity index (χ2v) is 7.67. The molecule has 0 aliphatic rings. The Kier molecular flexibility index (Phi) is 5.11. The molecule has 0 aliphatic carbocycles. The summed E-state index contributed by atoms with van der Waals surface area (Å²) in [6.07, 6.45) is 2.28. The van der Waals surface area contributed by atoms with Gasteiger partial charge in [-0.3, -0.25) is 4.98 Å². The third kappa shape index (κ3) is 3.42. The molecule has 0 saturated heterocycles. The first-order chi connectivity index (χ1) is 16.1. The molecule has 0 atom stereocenters. The molecule has 5 aromatic rings. The maximum absolute atomic E-state index is 14.1. The molecule has 0 fully saturated rings. The van der Waals surface area contributed by atoms with E-state index in [1.165, 1.54) is 6.07 Å². The number of para-hydroxylation sites is 2. The van der Waals surface area contributed by atoms with Crippen LogP contribution in [0.4, 0.5) is 10.2 Å². The van der Waals surface area contributed by atoms with Gasteiger partial charge in [-0.25, -0.2) is 4.39 Å². The average molecular weight is 438 g/mol. The fraction of sp³-hybridized carbons (Fsp3) is 0.115. The quantitative estimate of drug-likeness (QED) is 0.216. The second kappa shape index (κ2) is 8.24. The SMILES string of the molecule is CCc1c(C)c(C#N)c2[nH]c3ccccc3[n+]2c1NN=Cc1ccc(-c2ccccc2F)o1. The molecule has 0 bridgehead atoms. The maximum Gasteiger partial charge on any atom is 0.253 e. The summed E-state index contributed by atoms with van der Waals surface area (Å²) in [6.45, 7) is 4.00. The summed E-state index contributed by atoms with van der Waals surface area (Å²) in [4.78, 5) is 3.36. The van der Waals surface area contributed by atoms with Crippen LogP contribution < -0.4 is 9.83 Å². The lowest BCUT2D eigenvalue weighted by molar-refractivity contribution is -0.465. The summed E-state index contributed by atoms with van der Waals surface area (Å²) in [5.41, 5.74) is 8.65. The van der Waals surface area contributed by atoms with E-state index in [0.29, 0.717) is 28.3 Å². The predicted molar refractivity (Wildman–Crippen MR) is 126 cm³/mol. The normalized spacial score (nSPS) is 11.5. The monoisotopic (exact) mass is 438 g/mol. The van der Waals surface area contributed by atoms with Crippen LogP contribution in [0.15, 0.2) is 70.2 Å². The highest BCUT2D eigenvalue weighted by Gasteiger charge is 2.24. The number of nitrogens with zero attached hydrogens (tertiary/aromatic N) is 3. The van der Waals surface area contributed by atoms with Crippen LogP contribution in [0, 0.1) is 24.1 Å². The van der Waals surface area contributed by atoms with Crippen molar-refractivity contribution in [2.45, 2.75) is 20.3 Å². The molecule has 0 unspecified atom stereocenters. The van der Waals surface area contributed by atoms with Crippen LogP contribution in [-0.2, 0) is 6.42 Å². The number of furan rings is 1. The van der Waals surface area contributed by atoms with E-state index in [9.17, 15) is 9.65 Å². The van der Waals surface area contributed by atoms with Crippen molar-refractivity contribution >= 4 is 28.7 Å². The topological polar surface area (TPSA) is 81.2 Å². The van der Waals surface area contributed by atoms with E-state index in [4.69, 9.17) is 4.42 Å². The average Bonchev–Trinajstić information content (AvgIpc) is 3.44. The number of halogens is 1. The van der Waals surface area contributed by atoms with E-state index >= 15 is 0 Å². The zero-order valence-corrected chi connectivity index (χ0v) is 18.2. The van der Waals surface area contributed by atoms with Crippen molar-refractivity contribution in [3.8, 4) is 17.4 Å². The van der Waals surface area contributed by atoms with Crippen molar-refractivity contribution in [2.24, 2.45) is 5.10 Å². The summed E-state index contributed by atoms with van der Waals surface area (Å²) in [7, 11) is 0. The number of hydrogen-bond acceptors (Lipinski definition) is 4. The number of H-pyrrole nitrogens is 1. The third-order valence-corrected chi connectivity index (χ3v) is 5.79. The third-order valence-electron chi connectivity index (χ3n) is 5.79. The first-order valence-electron chi connectivity index (χ1n) is 10.6. The van der Waals surface area contributed by atoms with Crippen molar-refractivity contribution in [3.05, 3.63) is 88.9 Å². The van der Waals surface area contributed by atoms with Gasteiger partial charge < -0.3 is 4.42 Å². The number of aromatic amines is 1. The largest absolute Gasteiger partial charge is 0.455 e. The summed E-state index contributed by atoms with van der Waals surface area (Å²) < 4.78 is 21.8. The number of rotatable bonds is 5. The van der Waals surface area contributed by atoms with Crippen molar-refractivity contribution in [2.75, 3.05) is 5.43 Å². The molecule has 0 aliphatic heterocycles. The Bertz CT molecular complexity index is 1570. The van der Waals surface area contributed by atoms with Gasteiger partial charge in [0.15, 0.2) is 0 Å². The number of nitrogens with one attached hydrogen (secondary N) is 2. The molecule has 162 valence electrons. The van der Waals surface area contributed by atoms with Gasteiger partial charge in [-0.2, -0.15) is 15.1 Å². The van der Waals surface area contributed by atoms with Crippen molar-refractivity contribution < 1.29 is 13.2 Å². The highest BCUT2D eigenvalue weighted by Crippen LogP contribution is 2.26. The molecular weight excluding hydrogens is 417 g/mol. The molecule has 3 heterocycles. The van der Waals surface area contributed by atoms with E-state index < -0.39 is 0 Å². The summed E-state index contributed by atoms with van der Waals surface area (Å²) in [6, 6.07) is 20.2. The van der Waals surface area contributed by atoms with E-state index in [1.807, 2.05) is 42.5 Å². The molecule has 0 spiro atoms. The van der Waals surface area contributed by atoms with Gasteiger partial charge in [-0.05, 0) is 55.3 Å². The zero-order valence-electron chi connectivity index (χ0n) is 18.2.